The number of hydrogen-bond donors (Lipinski definition) is 3. The summed E-state index contributed by atoms with van der Waals surface area (Å²) in [7, 11) is 3.10. The summed E-state index contributed by atoms with van der Waals surface area (Å²) in [6, 6.07) is 0. The summed E-state index contributed by atoms with van der Waals surface area (Å²) in [5.41, 5.74) is 5.06. The SMILES string of the molecule is CNC(=O)CCN(C)C(=O)CNC(=O)CN. The molecule has 0 saturated heterocycles. The lowest BCUT2D eigenvalue weighted by Gasteiger charge is -2.16. The Morgan fingerprint density at radius 3 is 2.38 bits per heavy atom. The van der Waals surface area contributed by atoms with Crippen molar-refractivity contribution in [1.82, 2.24) is 15.5 Å². The fraction of sp³-hybridized carbons (Fsp3) is 0.667. The Bertz CT molecular complexity index is 267. The lowest BCUT2D eigenvalue weighted by atomic mass is 10.3. The number of amides is 3. The van der Waals surface area contributed by atoms with Gasteiger partial charge in [-0.2, -0.15) is 0 Å². The number of likely N-dealkylation sites (N-methyl/N-ethyl adjacent to an activating group) is 1. The van der Waals surface area contributed by atoms with Crippen LogP contribution in [0.25, 0.3) is 0 Å². The third kappa shape index (κ3) is 5.97. The average Bonchev–Trinajstić information content (AvgIpc) is 2.31. The summed E-state index contributed by atoms with van der Waals surface area (Å²) in [5, 5.41) is 4.81. The maximum absolute atomic E-state index is 11.4. The number of carbonyl (C=O) groups excluding carboxylic acids is 3. The minimum absolute atomic E-state index is 0.0969. The Balaban J connectivity index is 3.81. The molecule has 0 unspecified atom stereocenters. The van der Waals surface area contributed by atoms with Crippen LogP contribution in [0.5, 0.6) is 0 Å². The van der Waals surface area contributed by atoms with Gasteiger partial charge in [-0.3, -0.25) is 14.4 Å². The fourth-order valence-electron chi connectivity index (χ4n) is 0.900. The van der Waals surface area contributed by atoms with E-state index in [-0.39, 0.29) is 37.2 Å². The van der Waals surface area contributed by atoms with Crippen LogP contribution in [0.3, 0.4) is 0 Å². The van der Waals surface area contributed by atoms with E-state index >= 15 is 0 Å². The Hall–Kier alpha value is -1.63. The van der Waals surface area contributed by atoms with E-state index in [9.17, 15) is 14.4 Å². The van der Waals surface area contributed by atoms with E-state index in [0.29, 0.717) is 6.54 Å². The van der Waals surface area contributed by atoms with Gasteiger partial charge < -0.3 is 21.3 Å². The highest BCUT2D eigenvalue weighted by atomic mass is 16.2. The molecule has 0 atom stereocenters. The molecule has 0 radical (unpaired) electrons. The third-order valence-corrected chi connectivity index (χ3v) is 2.00. The molecule has 7 heteroatoms. The molecule has 0 fully saturated rings. The smallest absolute Gasteiger partial charge is 0.241 e. The summed E-state index contributed by atoms with van der Waals surface area (Å²) in [6.07, 6.45) is 0.240. The molecule has 0 saturated carbocycles. The first kappa shape index (κ1) is 14.4. The largest absolute Gasteiger partial charge is 0.359 e. The minimum atomic E-state index is -0.381. The predicted octanol–water partition coefficient (Wildman–Crippen LogP) is -2.34. The fourth-order valence-corrected chi connectivity index (χ4v) is 0.900. The number of carbonyl (C=O) groups is 3. The van der Waals surface area contributed by atoms with Crippen molar-refractivity contribution >= 4 is 17.7 Å². The molecule has 7 nitrogen and oxygen atoms in total. The van der Waals surface area contributed by atoms with E-state index < -0.39 is 0 Å². The zero-order valence-electron chi connectivity index (χ0n) is 9.58. The Morgan fingerprint density at radius 1 is 1.25 bits per heavy atom. The van der Waals surface area contributed by atoms with Crippen LogP contribution in [0.4, 0.5) is 0 Å². The molecule has 0 heterocycles. The molecule has 92 valence electrons. The number of rotatable bonds is 6. The van der Waals surface area contributed by atoms with Crippen LogP contribution in [0.15, 0.2) is 0 Å². The van der Waals surface area contributed by atoms with Crippen molar-refractivity contribution in [2.75, 3.05) is 33.7 Å². The number of hydrogen-bond acceptors (Lipinski definition) is 4. The third-order valence-electron chi connectivity index (χ3n) is 2.00. The van der Waals surface area contributed by atoms with E-state index in [1.54, 1.807) is 7.05 Å². The predicted molar refractivity (Wildman–Crippen MR) is 58.4 cm³/mol. The number of nitrogens with zero attached hydrogens (tertiary/aromatic N) is 1. The highest BCUT2D eigenvalue weighted by molar-refractivity contribution is 5.85. The Labute approximate surface area is 94.3 Å². The van der Waals surface area contributed by atoms with Crippen molar-refractivity contribution in [2.45, 2.75) is 6.42 Å². The summed E-state index contributed by atoms with van der Waals surface area (Å²) < 4.78 is 0. The van der Waals surface area contributed by atoms with Crippen LogP contribution in [0, 0.1) is 0 Å². The maximum atomic E-state index is 11.4. The van der Waals surface area contributed by atoms with Crippen LogP contribution in [-0.4, -0.2) is 56.4 Å². The maximum Gasteiger partial charge on any atom is 0.241 e. The van der Waals surface area contributed by atoms with Crippen molar-refractivity contribution in [3.8, 4) is 0 Å². The molecular weight excluding hydrogens is 212 g/mol. The second-order valence-corrected chi connectivity index (χ2v) is 3.22. The molecular formula is C9H18N4O3. The van der Waals surface area contributed by atoms with Gasteiger partial charge in [-0.05, 0) is 0 Å². The topological polar surface area (TPSA) is 105 Å². The molecule has 0 aliphatic rings. The van der Waals surface area contributed by atoms with Crippen LogP contribution < -0.4 is 16.4 Å². The summed E-state index contributed by atoms with van der Waals surface area (Å²) in [5.74, 6) is -0.774. The Kier molecular flexibility index (Phi) is 6.86. The van der Waals surface area contributed by atoms with Gasteiger partial charge in [0.2, 0.25) is 17.7 Å². The second-order valence-electron chi connectivity index (χ2n) is 3.22. The van der Waals surface area contributed by atoms with Crippen LogP contribution in [-0.2, 0) is 14.4 Å². The van der Waals surface area contributed by atoms with Gasteiger partial charge in [0.15, 0.2) is 0 Å². The monoisotopic (exact) mass is 230 g/mol. The normalized spacial score (nSPS) is 9.44. The van der Waals surface area contributed by atoms with Crippen LogP contribution >= 0.6 is 0 Å². The molecule has 0 aromatic carbocycles. The van der Waals surface area contributed by atoms with E-state index in [4.69, 9.17) is 5.73 Å². The second kappa shape index (κ2) is 7.63. The molecule has 0 aliphatic carbocycles. The van der Waals surface area contributed by atoms with Crippen molar-refractivity contribution in [2.24, 2.45) is 5.73 Å². The molecule has 0 aromatic heterocycles. The van der Waals surface area contributed by atoms with E-state index in [1.165, 1.54) is 11.9 Å². The first-order chi connectivity index (χ1) is 7.51. The highest BCUT2D eigenvalue weighted by Crippen LogP contribution is 1.88. The van der Waals surface area contributed by atoms with E-state index in [1.807, 2.05) is 0 Å². The van der Waals surface area contributed by atoms with Gasteiger partial charge in [-0.1, -0.05) is 0 Å². The summed E-state index contributed by atoms with van der Waals surface area (Å²) >= 11 is 0. The van der Waals surface area contributed by atoms with E-state index in [0.717, 1.165) is 0 Å². The van der Waals surface area contributed by atoms with Crippen molar-refractivity contribution in [3.63, 3.8) is 0 Å². The van der Waals surface area contributed by atoms with E-state index in [2.05, 4.69) is 10.6 Å². The van der Waals surface area contributed by atoms with Gasteiger partial charge in [0.1, 0.15) is 0 Å². The molecule has 0 bridgehead atoms. The summed E-state index contributed by atoms with van der Waals surface area (Å²) in [6.45, 7) is 0.0759. The van der Waals surface area contributed by atoms with Gasteiger partial charge in [-0.25, -0.2) is 0 Å². The van der Waals surface area contributed by atoms with Gasteiger partial charge in [0.25, 0.3) is 0 Å². The van der Waals surface area contributed by atoms with Crippen molar-refractivity contribution < 1.29 is 14.4 Å². The average molecular weight is 230 g/mol. The van der Waals surface area contributed by atoms with Gasteiger partial charge in [-0.15, -0.1) is 0 Å². The standard InChI is InChI=1S/C9H18N4O3/c1-11-7(14)3-4-13(2)9(16)6-12-8(15)5-10/h3-6,10H2,1-2H3,(H,11,14)(H,12,15). The summed E-state index contributed by atoms with van der Waals surface area (Å²) in [4.78, 5) is 34.5. The molecule has 0 spiro atoms. The molecule has 0 aromatic rings. The van der Waals surface area contributed by atoms with Gasteiger partial charge in [0, 0.05) is 27.1 Å². The molecule has 3 amide bonds. The molecule has 4 N–H and O–H groups in total. The lowest BCUT2D eigenvalue weighted by molar-refractivity contribution is -0.132. The highest BCUT2D eigenvalue weighted by Gasteiger charge is 2.10. The van der Waals surface area contributed by atoms with Crippen LogP contribution in [0.1, 0.15) is 6.42 Å². The van der Waals surface area contributed by atoms with Crippen molar-refractivity contribution in [1.29, 1.82) is 0 Å². The number of nitrogens with two attached hydrogens (primary N) is 1. The van der Waals surface area contributed by atoms with Gasteiger partial charge in [0.05, 0.1) is 13.1 Å². The first-order valence-electron chi connectivity index (χ1n) is 4.92. The van der Waals surface area contributed by atoms with Crippen molar-refractivity contribution in [3.05, 3.63) is 0 Å². The molecule has 0 rings (SSSR count). The minimum Gasteiger partial charge on any atom is -0.359 e. The quantitative estimate of drug-likeness (QED) is 0.475. The zero-order valence-corrected chi connectivity index (χ0v) is 9.58. The lowest BCUT2D eigenvalue weighted by Crippen LogP contribution is -2.41. The zero-order chi connectivity index (χ0) is 12.6. The van der Waals surface area contributed by atoms with Crippen LogP contribution in [0.2, 0.25) is 0 Å². The molecule has 0 aliphatic heterocycles. The van der Waals surface area contributed by atoms with Gasteiger partial charge >= 0.3 is 0 Å². The Morgan fingerprint density at radius 2 is 1.88 bits per heavy atom. The first-order valence-corrected chi connectivity index (χ1v) is 4.92. The number of nitrogens with one attached hydrogen (secondary N) is 2. The molecule has 16 heavy (non-hydrogen) atoms.